The number of phenolic OH excluding ortho intramolecular Hbond substituents is 1. The molecule has 7 heteroatoms. The van der Waals surface area contributed by atoms with E-state index in [1.54, 1.807) is 18.3 Å². The quantitative estimate of drug-likeness (QED) is 0.683. The summed E-state index contributed by atoms with van der Waals surface area (Å²) in [6.45, 7) is 1.48. The first-order valence-electron chi connectivity index (χ1n) is 6.35. The SMILES string of the molecule is NCCn1cc(C(=O)NCCc2ccc(O)cc2)nn1. The molecule has 0 atom stereocenters. The Kier molecular flexibility index (Phi) is 4.67. The van der Waals surface area contributed by atoms with Gasteiger partial charge in [0.2, 0.25) is 0 Å². The van der Waals surface area contributed by atoms with Crippen LogP contribution in [0.1, 0.15) is 16.1 Å². The fourth-order valence-corrected chi connectivity index (χ4v) is 1.72. The average molecular weight is 275 g/mol. The third kappa shape index (κ3) is 3.79. The summed E-state index contributed by atoms with van der Waals surface area (Å²) in [5.41, 5.74) is 6.71. The molecule has 0 saturated carbocycles. The minimum absolute atomic E-state index is 0.231. The molecule has 0 bridgehead atoms. The number of benzene rings is 1. The van der Waals surface area contributed by atoms with Crippen LogP contribution in [0.4, 0.5) is 0 Å². The zero-order chi connectivity index (χ0) is 14.4. The van der Waals surface area contributed by atoms with Crippen LogP contribution in [0.15, 0.2) is 30.5 Å². The molecule has 7 nitrogen and oxygen atoms in total. The van der Waals surface area contributed by atoms with Crippen molar-refractivity contribution in [2.75, 3.05) is 13.1 Å². The molecule has 2 aromatic rings. The molecular weight excluding hydrogens is 258 g/mol. The molecule has 0 aliphatic carbocycles. The number of hydrogen-bond donors (Lipinski definition) is 3. The average Bonchev–Trinajstić information content (AvgIpc) is 2.90. The van der Waals surface area contributed by atoms with Crippen molar-refractivity contribution in [3.63, 3.8) is 0 Å². The molecule has 0 aliphatic rings. The van der Waals surface area contributed by atoms with Crippen LogP contribution >= 0.6 is 0 Å². The summed E-state index contributed by atoms with van der Waals surface area (Å²) >= 11 is 0. The van der Waals surface area contributed by atoms with Gasteiger partial charge in [0.1, 0.15) is 5.75 Å². The first-order chi connectivity index (χ1) is 9.69. The van der Waals surface area contributed by atoms with Crippen LogP contribution in [0.3, 0.4) is 0 Å². The monoisotopic (exact) mass is 275 g/mol. The van der Waals surface area contributed by atoms with Gasteiger partial charge in [0.25, 0.3) is 5.91 Å². The van der Waals surface area contributed by atoms with Crippen LogP contribution in [-0.2, 0) is 13.0 Å². The predicted molar refractivity (Wildman–Crippen MR) is 73.2 cm³/mol. The first-order valence-corrected chi connectivity index (χ1v) is 6.35. The first kappa shape index (κ1) is 14.0. The number of nitrogens with zero attached hydrogens (tertiary/aromatic N) is 3. The summed E-state index contributed by atoms with van der Waals surface area (Å²) in [6.07, 6.45) is 2.26. The summed E-state index contributed by atoms with van der Waals surface area (Å²) in [7, 11) is 0. The van der Waals surface area contributed by atoms with Gasteiger partial charge in [-0.05, 0) is 24.1 Å². The lowest BCUT2D eigenvalue weighted by Gasteiger charge is -2.03. The molecule has 1 heterocycles. The van der Waals surface area contributed by atoms with E-state index >= 15 is 0 Å². The normalized spacial score (nSPS) is 10.4. The number of carbonyl (C=O) groups is 1. The van der Waals surface area contributed by atoms with E-state index in [1.165, 1.54) is 4.68 Å². The highest BCUT2D eigenvalue weighted by Crippen LogP contribution is 2.09. The number of aromatic hydroxyl groups is 1. The number of carbonyl (C=O) groups excluding carboxylic acids is 1. The second-order valence-electron chi connectivity index (χ2n) is 4.33. The molecule has 1 amide bonds. The van der Waals surface area contributed by atoms with Crippen LogP contribution < -0.4 is 11.1 Å². The van der Waals surface area contributed by atoms with Gasteiger partial charge in [0.05, 0.1) is 12.7 Å². The van der Waals surface area contributed by atoms with Crippen molar-refractivity contribution in [2.45, 2.75) is 13.0 Å². The Morgan fingerprint density at radius 2 is 2.10 bits per heavy atom. The second-order valence-corrected chi connectivity index (χ2v) is 4.33. The maximum atomic E-state index is 11.8. The van der Waals surface area contributed by atoms with Crippen LogP contribution in [0.2, 0.25) is 0 Å². The lowest BCUT2D eigenvalue weighted by Crippen LogP contribution is -2.26. The Labute approximate surface area is 116 Å². The van der Waals surface area contributed by atoms with Crippen molar-refractivity contribution >= 4 is 5.91 Å². The van der Waals surface area contributed by atoms with Crippen LogP contribution in [0, 0.1) is 0 Å². The highest BCUT2D eigenvalue weighted by Gasteiger charge is 2.09. The zero-order valence-corrected chi connectivity index (χ0v) is 11.0. The predicted octanol–water partition coefficient (Wildman–Crippen LogP) is -0.0851. The van der Waals surface area contributed by atoms with Crippen molar-refractivity contribution < 1.29 is 9.90 Å². The van der Waals surface area contributed by atoms with Crippen molar-refractivity contribution in [1.29, 1.82) is 0 Å². The lowest BCUT2D eigenvalue weighted by molar-refractivity contribution is 0.0949. The molecule has 2 rings (SSSR count). The Morgan fingerprint density at radius 3 is 2.80 bits per heavy atom. The van der Waals surface area contributed by atoms with Gasteiger partial charge in [0, 0.05) is 13.1 Å². The molecule has 0 spiro atoms. The Hall–Kier alpha value is -2.41. The largest absolute Gasteiger partial charge is 0.508 e. The molecular formula is C13H17N5O2. The second kappa shape index (κ2) is 6.67. The standard InChI is InChI=1S/C13H17N5O2/c14-6-8-18-9-12(16-17-18)13(20)15-7-5-10-1-3-11(19)4-2-10/h1-4,9,19H,5-8,14H2,(H,15,20). The lowest BCUT2D eigenvalue weighted by atomic mass is 10.1. The van der Waals surface area contributed by atoms with E-state index in [-0.39, 0.29) is 17.4 Å². The third-order valence-electron chi connectivity index (χ3n) is 2.77. The highest BCUT2D eigenvalue weighted by atomic mass is 16.3. The topological polar surface area (TPSA) is 106 Å². The number of rotatable bonds is 6. The van der Waals surface area contributed by atoms with Gasteiger partial charge in [-0.3, -0.25) is 9.48 Å². The van der Waals surface area contributed by atoms with Gasteiger partial charge in [-0.25, -0.2) is 0 Å². The number of aromatic nitrogens is 3. The summed E-state index contributed by atoms with van der Waals surface area (Å²) < 4.78 is 1.54. The number of amides is 1. The van der Waals surface area contributed by atoms with E-state index in [4.69, 9.17) is 10.8 Å². The highest BCUT2D eigenvalue weighted by molar-refractivity contribution is 5.91. The van der Waals surface area contributed by atoms with E-state index < -0.39 is 0 Å². The van der Waals surface area contributed by atoms with Crippen molar-refractivity contribution in [1.82, 2.24) is 20.3 Å². The fourth-order valence-electron chi connectivity index (χ4n) is 1.72. The minimum atomic E-state index is -0.257. The van der Waals surface area contributed by atoms with Gasteiger partial charge in [-0.15, -0.1) is 5.10 Å². The number of nitrogens with one attached hydrogen (secondary N) is 1. The Bertz CT molecular complexity index is 564. The number of nitrogens with two attached hydrogens (primary N) is 1. The summed E-state index contributed by atoms with van der Waals surface area (Å²) in [5.74, 6) is -0.0265. The van der Waals surface area contributed by atoms with Gasteiger partial charge in [-0.2, -0.15) is 0 Å². The fraction of sp³-hybridized carbons (Fsp3) is 0.308. The summed E-state index contributed by atoms with van der Waals surface area (Å²) in [5, 5.41) is 19.5. The molecule has 0 radical (unpaired) electrons. The van der Waals surface area contributed by atoms with Crippen LogP contribution in [0.25, 0.3) is 0 Å². The molecule has 0 fully saturated rings. The molecule has 0 saturated heterocycles. The van der Waals surface area contributed by atoms with Gasteiger partial charge in [-0.1, -0.05) is 17.3 Å². The minimum Gasteiger partial charge on any atom is -0.508 e. The molecule has 20 heavy (non-hydrogen) atoms. The van der Waals surface area contributed by atoms with Gasteiger partial charge < -0.3 is 16.2 Å². The maximum absolute atomic E-state index is 11.8. The van der Waals surface area contributed by atoms with Crippen LogP contribution in [0.5, 0.6) is 5.75 Å². The maximum Gasteiger partial charge on any atom is 0.273 e. The van der Waals surface area contributed by atoms with Crippen molar-refractivity contribution in [3.05, 3.63) is 41.7 Å². The van der Waals surface area contributed by atoms with E-state index in [1.807, 2.05) is 12.1 Å². The molecule has 106 valence electrons. The number of hydrogen-bond acceptors (Lipinski definition) is 5. The molecule has 0 unspecified atom stereocenters. The Morgan fingerprint density at radius 1 is 1.35 bits per heavy atom. The smallest absolute Gasteiger partial charge is 0.273 e. The summed E-state index contributed by atoms with van der Waals surface area (Å²) in [4.78, 5) is 11.8. The molecule has 1 aromatic carbocycles. The molecule has 4 N–H and O–H groups in total. The van der Waals surface area contributed by atoms with Crippen molar-refractivity contribution in [3.8, 4) is 5.75 Å². The van der Waals surface area contributed by atoms with Crippen LogP contribution in [-0.4, -0.2) is 39.1 Å². The van der Waals surface area contributed by atoms with Crippen molar-refractivity contribution in [2.24, 2.45) is 5.73 Å². The summed E-state index contributed by atoms with van der Waals surface area (Å²) in [6, 6.07) is 6.88. The van der Waals surface area contributed by atoms with E-state index in [2.05, 4.69) is 15.6 Å². The zero-order valence-electron chi connectivity index (χ0n) is 11.0. The third-order valence-corrected chi connectivity index (χ3v) is 2.77. The van der Waals surface area contributed by atoms with E-state index in [0.717, 1.165) is 5.56 Å². The molecule has 0 aliphatic heterocycles. The van der Waals surface area contributed by atoms with Gasteiger partial charge in [0.15, 0.2) is 5.69 Å². The van der Waals surface area contributed by atoms with E-state index in [9.17, 15) is 4.79 Å². The van der Waals surface area contributed by atoms with Gasteiger partial charge >= 0.3 is 0 Å². The van der Waals surface area contributed by atoms with E-state index in [0.29, 0.717) is 26.1 Å². The Balaban J connectivity index is 1.81. The number of phenols is 1. The molecule has 1 aromatic heterocycles.